The molecule has 0 atom stereocenters. The first-order chi connectivity index (χ1) is 9.72. The van der Waals surface area contributed by atoms with Crippen LogP contribution in [0.25, 0.3) is 11.3 Å². The van der Waals surface area contributed by atoms with Crippen molar-refractivity contribution in [3.8, 4) is 11.3 Å². The Kier molecular flexibility index (Phi) is 3.64. The van der Waals surface area contributed by atoms with Gasteiger partial charge in [-0.3, -0.25) is 5.10 Å². The molecular formula is C14H16F2N4. The third-order valence-electron chi connectivity index (χ3n) is 3.49. The quantitative estimate of drug-likeness (QED) is 0.808. The third kappa shape index (κ3) is 2.80. The molecule has 0 radical (unpaired) electrons. The van der Waals surface area contributed by atoms with Crippen LogP contribution in [0.3, 0.4) is 0 Å². The number of aromatic nitrogens is 2. The molecule has 1 aromatic carbocycles. The Morgan fingerprint density at radius 1 is 1.15 bits per heavy atom. The van der Waals surface area contributed by atoms with E-state index in [1.807, 2.05) is 0 Å². The molecule has 0 amide bonds. The highest BCUT2D eigenvalue weighted by molar-refractivity contribution is 5.63. The SMILES string of the molecule is Fc1ccc(F)c(-c2cc(NC3CCNCC3)n[nH]2)c1. The van der Waals surface area contributed by atoms with Crippen LogP contribution in [-0.4, -0.2) is 29.3 Å². The highest BCUT2D eigenvalue weighted by Gasteiger charge is 2.15. The van der Waals surface area contributed by atoms with Gasteiger partial charge < -0.3 is 10.6 Å². The van der Waals surface area contributed by atoms with Crippen LogP contribution in [0.5, 0.6) is 0 Å². The summed E-state index contributed by atoms with van der Waals surface area (Å²) in [6.45, 7) is 1.96. The lowest BCUT2D eigenvalue weighted by molar-refractivity contribution is 0.478. The normalized spacial score (nSPS) is 16.3. The van der Waals surface area contributed by atoms with E-state index in [0.29, 0.717) is 17.6 Å². The molecule has 2 heterocycles. The fourth-order valence-electron chi connectivity index (χ4n) is 2.41. The molecule has 3 N–H and O–H groups in total. The van der Waals surface area contributed by atoms with Gasteiger partial charge in [-0.1, -0.05) is 0 Å². The molecule has 4 nitrogen and oxygen atoms in total. The predicted molar refractivity (Wildman–Crippen MR) is 73.5 cm³/mol. The van der Waals surface area contributed by atoms with Crippen molar-refractivity contribution in [1.29, 1.82) is 0 Å². The van der Waals surface area contributed by atoms with Gasteiger partial charge in [0.1, 0.15) is 17.5 Å². The lowest BCUT2D eigenvalue weighted by atomic mass is 10.1. The van der Waals surface area contributed by atoms with E-state index in [1.165, 1.54) is 0 Å². The van der Waals surface area contributed by atoms with E-state index in [1.54, 1.807) is 6.07 Å². The van der Waals surface area contributed by atoms with E-state index < -0.39 is 11.6 Å². The van der Waals surface area contributed by atoms with Gasteiger partial charge in [-0.2, -0.15) is 5.10 Å². The van der Waals surface area contributed by atoms with E-state index in [9.17, 15) is 8.78 Å². The Morgan fingerprint density at radius 2 is 1.95 bits per heavy atom. The average molecular weight is 278 g/mol. The summed E-state index contributed by atoms with van der Waals surface area (Å²) in [5.74, 6) is -0.275. The summed E-state index contributed by atoms with van der Waals surface area (Å²) in [5, 5.41) is 13.4. The molecule has 1 saturated heterocycles. The Bertz CT molecular complexity index is 591. The molecule has 1 fully saturated rings. The van der Waals surface area contributed by atoms with E-state index in [0.717, 1.165) is 44.1 Å². The fourth-order valence-corrected chi connectivity index (χ4v) is 2.41. The number of hydrogen-bond donors (Lipinski definition) is 3. The maximum Gasteiger partial charge on any atom is 0.148 e. The minimum absolute atomic E-state index is 0.191. The van der Waals surface area contributed by atoms with Gasteiger partial charge in [0, 0.05) is 17.7 Å². The average Bonchev–Trinajstić information content (AvgIpc) is 2.91. The van der Waals surface area contributed by atoms with Crippen molar-refractivity contribution < 1.29 is 8.78 Å². The molecule has 2 aromatic rings. The second-order valence-electron chi connectivity index (χ2n) is 4.96. The number of rotatable bonds is 3. The molecule has 106 valence electrons. The largest absolute Gasteiger partial charge is 0.366 e. The van der Waals surface area contributed by atoms with Crippen LogP contribution < -0.4 is 10.6 Å². The van der Waals surface area contributed by atoms with Gasteiger partial charge in [0.2, 0.25) is 0 Å². The van der Waals surface area contributed by atoms with Crippen LogP contribution in [-0.2, 0) is 0 Å². The van der Waals surface area contributed by atoms with Gasteiger partial charge in [0.15, 0.2) is 0 Å². The van der Waals surface area contributed by atoms with Gasteiger partial charge in [0.05, 0.1) is 5.69 Å². The van der Waals surface area contributed by atoms with Gasteiger partial charge in [-0.05, 0) is 44.1 Å². The molecule has 1 aliphatic heterocycles. The van der Waals surface area contributed by atoms with Crippen LogP contribution in [0.2, 0.25) is 0 Å². The van der Waals surface area contributed by atoms with Crippen molar-refractivity contribution in [3.63, 3.8) is 0 Å². The Labute approximate surface area is 115 Å². The zero-order chi connectivity index (χ0) is 13.9. The number of nitrogens with zero attached hydrogens (tertiary/aromatic N) is 1. The molecule has 0 spiro atoms. The summed E-state index contributed by atoms with van der Waals surface area (Å²) in [6.07, 6.45) is 2.05. The van der Waals surface area contributed by atoms with Gasteiger partial charge >= 0.3 is 0 Å². The molecule has 6 heteroatoms. The molecule has 0 saturated carbocycles. The number of nitrogens with one attached hydrogen (secondary N) is 3. The topological polar surface area (TPSA) is 52.7 Å². The minimum atomic E-state index is -0.469. The Hall–Kier alpha value is -1.95. The summed E-state index contributed by atoms with van der Waals surface area (Å²) in [7, 11) is 0. The highest BCUT2D eigenvalue weighted by atomic mass is 19.1. The molecular weight excluding hydrogens is 262 g/mol. The first-order valence-corrected chi connectivity index (χ1v) is 6.70. The zero-order valence-electron chi connectivity index (χ0n) is 10.9. The maximum absolute atomic E-state index is 13.7. The number of piperidine rings is 1. The summed E-state index contributed by atoms with van der Waals surface area (Å²) in [5.41, 5.74) is 0.661. The molecule has 0 bridgehead atoms. The molecule has 0 unspecified atom stereocenters. The number of benzene rings is 1. The van der Waals surface area contributed by atoms with Gasteiger partial charge in [-0.25, -0.2) is 8.78 Å². The van der Waals surface area contributed by atoms with Crippen LogP contribution in [0.1, 0.15) is 12.8 Å². The Balaban J connectivity index is 1.77. The standard InChI is InChI=1S/C14H16F2N4/c15-9-1-2-12(16)11(7-9)13-8-14(20-19-13)18-10-3-5-17-6-4-10/h1-2,7-8,10,17H,3-6H2,(H2,18,19,20). The van der Waals surface area contributed by atoms with Crippen LogP contribution in [0, 0.1) is 11.6 Å². The first kappa shape index (κ1) is 13.1. The van der Waals surface area contributed by atoms with Crippen molar-refractivity contribution >= 4 is 5.82 Å². The number of anilines is 1. The number of halogens is 2. The maximum atomic E-state index is 13.7. The van der Waals surface area contributed by atoms with Crippen LogP contribution in [0.4, 0.5) is 14.6 Å². The van der Waals surface area contributed by atoms with Crippen LogP contribution >= 0.6 is 0 Å². The molecule has 0 aliphatic carbocycles. The van der Waals surface area contributed by atoms with Crippen molar-refractivity contribution in [2.75, 3.05) is 18.4 Å². The smallest absolute Gasteiger partial charge is 0.148 e. The van der Waals surface area contributed by atoms with Crippen molar-refractivity contribution in [1.82, 2.24) is 15.5 Å². The highest BCUT2D eigenvalue weighted by Crippen LogP contribution is 2.24. The zero-order valence-corrected chi connectivity index (χ0v) is 10.9. The lowest BCUT2D eigenvalue weighted by Crippen LogP contribution is -2.35. The minimum Gasteiger partial charge on any atom is -0.366 e. The van der Waals surface area contributed by atoms with E-state index >= 15 is 0 Å². The van der Waals surface area contributed by atoms with E-state index in [4.69, 9.17) is 0 Å². The monoisotopic (exact) mass is 278 g/mol. The second-order valence-corrected chi connectivity index (χ2v) is 4.96. The first-order valence-electron chi connectivity index (χ1n) is 6.70. The molecule has 1 aromatic heterocycles. The second kappa shape index (κ2) is 5.58. The van der Waals surface area contributed by atoms with E-state index in [-0.39, 0.29) is 5.56 Å². The van der Waals surface area contributed by atoms with Gasteiger partial charge in [-0.15, -0.1) is 0 Å². The molecule has 1 aliphatic rings. The van der Waals surface area contributed by atoms with Crippen molar-refractivity contribution in [2.45, 2.75) is 18.9 Å². The van der Waals surface area contributed by atoms with E-state index in [2.05, 4.69) is 20.8 Å². The number of aromatic amines is 1. The van der Waals surface area contributed by atoms with Crippen molar-refractivity contribution in [3.05, 3.63) is 35.9 Å². The molecule has 20 heavy (non-hydrogen) atoms. The summed E-state index contributed by atoms with van der Waals surface area (Å²) in [6, 6.07) is 5.45. The Morgan fingerprint density at radius 3 is 2.75 bits per heavy atom. The fraction of sp³-hybridized carbons (Fsp3) is 0.357. The summed E-state index contributed by atoms with van der Waals surface area (Å²) < 4.78 is 26.9. The third-order valence-corrected chi connectivity index (χ3v) is 3.49. The molecule has 3 rings (SSSR count). The summed E-state index contributed by atoms with van der Waals surface area (Å²) >= 11 is 0. The summed E-state index contributed by atoms with van der Waals surface area (Å²) in [4.78, 5) is 0. The number of hydrogen-bond acceptors (Lipinski definition) is 3. The predicted octanol–water partition coefficient (Wildman–Crippen LogP) is 2.52. The number of H-pyrrole nitrogens is 1. The van der Waals surface area contributed by atoms with Crippen LogP contribution in [0.15, 0.2) is 24.3 Å². The van der Waals surface area contributed by atoms with Gasteiger partial charge in [0.25, 0.3) is 0 Å². The van der Waals surface area contributed by atoms with Crippen molar-refractivity contribution in [2.24, 2.45) is 0 Å². The lowest BCUT2D eigenvalue weighted by Gasteiger charge is -2.23.